The van der Waals surface area contributed by atoms with Crippen molar-refractivity contribution in [3.8, 4) is 0 Å². The van der Waals surface area contributed by atoms with Gasteiger partial charge in [0.2, 0.25) is 0 Å². The Morgan fingerprint density at radius 1 is 1.07 bits per heavy atom. The number of pyridine rings is 1. The number of nitro groups is 1. The van der Waals surface area contributed by atoms with E-state index in [0.717, 1.165) is 23.0 Å². The first-order chi connectivity index (χ1) is 19.5. The highest BCUT2D eigenvalue weighted by molar-refractivity contribution is 5.80. The van der Waals surface area contributed by atoms with Crippen LogP contribution in [-0.4, -0.2) is 61.2 Å². The number of rotatable bonds is 8. The van der Waals surface area contributed by atoms with E-state index in [1.165, 1.54) is 17.7 Å². The average molecular weight is 541 g/mol. The Balaban J connectivity index is 1.35. The summed E-state index contributed by atoms with van der Waals surface area (Å²) in [7, 11) is 0. The summed E-state index contributed by atoms with van der Waals surface area (Å²) in [6, 6.07) is 17.8. The summed E-state index contributed by atoms with van der Waals surface area (Å²) in [6.45, 7) is 5.02. The molecule has 12 nitrogen and oxygen atoms in total. The van der Waals surface area contributed by atoms with Gasteiger partial charge in [-0.3, -0.25) is 19.8 Å². The van der Waals surface area contributed by atoms with Gasteiger partial charge in [0, 0.05) is 55.1 Å². The van der Waals surface area contributed by atoms with Crippen molar-refractivity contribution in [1.29, 1.82) is 0 Å². The SMILES string of the molecule is CCc1ccc2[nH]c(=O)c([C@@H](c3nnnn3Cc3ccco3)N3CCN(c4ccc([N+](=O)[O-])cc4)CC3)cc2c1. The Bertz CT molecular complexity index is 1690. The molecule has 1 atom stereocenters. The first-order valence-corrected chi connectivity index (χ1v) is 13.2. The molecule has 1 fully saturated rings. The zero-order valence-corrected chi connectivity index (χ0v) is 21.9. The van der Waals surface area contributed by atoms with Gasteiger partial charge in [-0.2, -0.15) is 0 Å². The van der Waals surface area contributed by atoms with Crippen LogP contribution in [0.5, 0.6) is 0 Å². The van der Waals surface area contributed by atoms with Gasteiger partial charge in [0.1, 0.15) is 18.3 Å². The number of aromatic amines is 1. The van der Waals surface area contributed by atoms with Gasteiger partial charge in [0.25, 0.3) is 11.2 Å². The molecule has 1 N–H and O–H groups in total. The standard InChI is InChI=1S/C28H28N8O4/c1-2-19-5-10-25-20(16-19)17-24(28(37)29-25)26(27-30-31-32-35(27)18-23-4-3-15-40-23)34-13-11-33(12-14-34)21-6-8-22(9-7-21)36(38)39/h3-10,15-17,26H,2,11-14,18H2,1H3,(H,29,37)/t26-/m0/s1. The molecule has 40 heavy (non-hydrogen) atoms. The van der Waals surface area contributed by atoms with E-state index in [1.54, 1.807) is 23.1 Å². The van der Waals surface area contributed by atoms with E-state index in [9.17, 15) is 14.9 Å². The summed E-state index contributed by atoms with van der Waals surface area (Å²) in [6.07, 6.45) is 2.49. The highest BCUT2D eigenvalue weighted by Gasteiger charge is 2.33. The van der Waals surface area contributed by atoms with Crippen molar-refractivity contribution < 1.29 is 9.34 Å². The minimum Gasteiger partial charge on any atom is -0.467 e. The lowest BCUT2D eigenvalue weighted by atomic mass is 10.0. The zero-order valence-electron chi connectivity index (χ0n) is 21.9. The fraction of sp³-hybridized carbons (Fsp3) is 0.286. The molecule has 6 rings (SSSR count). The number of fused-ring (bicyclic) bond motifs is 1. The number of tetrazole rings is 1. The summed E-state index contributed by atoms with van der Waals surface area (Å²) in [5, 5.41) is 24.6. The lowest BCUT2D eigenvalue weighted by molar-refractivity contribution is -0.384. The molecule has 0 bridgehead atoms. The van der Waals surface area contributed by atoms with Gasteiger partial charge in [0.05, 0.1) is 11.2 Å². The largest absolute Gasteiger partial charge is 0.467 e. The Kier molecular flexibility index (Phi) is 6.83. The van der Waals surface area contributed by atoms with E-state index < -0.39 is 11.0 Å². The number of nitrogens with one attached hydrogen (secondary N) is 1. The second kappa shape index (κ2) is 10.7. The molecule has 12 heteroatoms. The molecule has 5 aromatic rings. The number of non-ortho nitro benzene ring substituents is 1. The summed E-state index contributed by atoms with van der Waals surface area (Å²) in [5.74, 6) is 1.26. The number of piperazine rings is 1. The van der Waals surface area contributed by atoms with Crippen molar-refractivity contribution in [2.75, 3.05) is 31.1 Å². The molecule has 1 saturated heterocycles. The van der Waals surface area contributed by atoms with Crippen LogP contribution in [0.25, 0.3) is 10.9 Å². The molecule has 0 spiro atoms. The maximum absolute atomic E-state index is 13.5. The van der Waals surface area contributed by atoms with Crippen LogP contribution in [0.3, 0.4) is 0 Å². The Morgan fingerprint density at radius 3 is 2.58 bits per heavy atom. The number of furan rings is 1. The highest BCUT2D eigenvalue weighted by Crippen LogP contribution is 2.30. The second-order valence-electron chi connectivity index (χ2n) is 9.80. The van der Waals surface area contributed by atoms with Crippen LogP contribution in [-0.2, 0) is 13.0 Å². The summed E-state index contributed by atoms with van der Waals surface area (Å²) in [5.41, 5.74) is 3.32. The number of hydrogen-bond donors (Lipinski definition) is 1. The quantitative estimate of drug-likeness (QED) is 0.231. The normalized spacial score (nSPS) is 15.0. The van der Waals surface area contributed by atoms with Crippen molar-refractivity contribution in [1.82, 2.24) is 30.1 Å². The Morgan fingerprint density at radius 2 is 1.88 bits per heavy atom. The monoisotopic (exact) mass is 540 g/mol. The Labute approximate surface area is 229 Å². The fourth-order valence-corrected chi connectivity index (χ4v) is 5.29. The number of H-pyrrole nitrogens is 1. The van der Waals surface area contributed by atoms with Crippen molar-refractivity contribution in [2.45, 2.75) is 25.9 Å². The molecule has 204 valence electrons. The zero-order chi connectivity index (χ0) is 27.6. The van der Waals surface area contributed by atoms with Gasteiger partial charge < -0.3 is 14.3 Å². The molecule has 0 radical (unpaired) electrons. The van der Waals surface area contributed by atoms with Crippen LogP contribution >= 0.6 is 0 Å². The van der Waals surface area contributed by atoms with Gasteiger partial charge in [0.15, 0.2) is 5.82 Å². The van der Waals surface area contributed by atoms with Crippen LogP contribution in [0, 0.1) is 10.1 Å². The maximum atomic E-state index is 13.5. The van der Waals surface area contributed by atoms with Crippen molar-refractivity contribution in [2.24, 2.45) is 0 Å². The number of nitrogens with zero attached hydrogens (tertiary/aromatic N) is 7. The van der Waals surface area contributed by atoms with E-state index in [2.05, 4.69) is 43.3 Å². The maximum Gasteiger partial charge on any atom is 0.269 e. The van der Waals surface area contributed by atoms with Crippen LogP contribution < -0.4 is 10.5 Å². The van der Waals surface area contributed by atoms with E-state index in [1.807, 2.05) is 30.3 Å². The van der Waals surface area contributed by atoms with E-state index in [0.29, 0.717) is 49.9 Å². The van der Waals surface area contributed by atoms with Gasteiger partial charge >= 0.3 is 0 Å². The van der Waals surface area contributed by atoms with Crippen molar-refractivity contribution >= 4 is 22.3 Å². The fourth-order valence-electron chi connectivity index (χ4n) is 5.29. The minimum atomic E-state index is -0.498. The van der Waals surface area contributed by atoms with Gasteiger partial charge in [-0.25, -0.2) is 4.68 Å². The molecule has 0 amide bonds. The number of nitro benzene ring substituents is 1. The summed E-state index contributed by atoms with van der Waals surface area (Å²) < 4.78 is 7.22. The molecular weight excluding hydrogens is 512 g/mol. The minimum absolute atomic E-state index is 0.0626. The average Bonchev–Trinajstić information content (AvgIpc) is 3.66. The van der Waals surface area contributed by atoms with Crippen LogP contribution in [0.2, 0.25) is 0 Å². The molecule has 4 heterocycles. The van der Waals surface area contributed by atoms with Gasteiger partial charge in [-0.1, -0.05) is 13.0 Å². The van der Waals surface area contributed by atoms with Gasteiger partial charge in [-0.05, 0) is 70.3 Å². The first-order valence-electron chi connectivity index (χ1n) is 13.2. The highest BCUT2D eigenvalue weighted by atomic mass is 16.6. The Hall–Kier alpha value is -4.84. The summed E-state index contributed by atoms with van der Waals surface area (Å²) >= 11 is 0. The predicted molar refractivity (Wildman–Crippen MR) is 148 cm³/mol. The van der Waals surface area contributed by atoms with Crippen LogP contribution in [0.1, 0.15) is 35.7 Å². The van der Waals surface area contributed by atoms with Gasteiger partial charge in [-0.15, -0.1) is 5.10 Å². The molecule has 0 saturated carbocycles. The van der Waals surface area contributed by atoms with Crippen LogP contribution in [0.15, 0.2) is 76.1 Å². The van der Waals surface area contributed by atoms with E-state index in [-0.39, 0.29) is 11.2 Å². The number of hydrogen-bond acceptors (Lipinski definition) is 9. The molecule has 0 aliphatic carbocycles. The van der Waals surface area contributed by atoms with Crippen LogP contribution in [0.4, 0.5) is 11.4 Å². The topological polar surface area (TPSA) is 139 Å². The number of aromatic nitrogens is 5. The molecule has 1 aliphatic heterocycles. The molecule has 1 aliphatic rings. The number of benzene rings is 2. The van der Waals surface area contributed by atoms with E-state index in [4.69, 9.17) is 4.42 Å². The lowest BCUT2D eigenvalue weighted by Gasteiger charge is -2.39. The van der Waals surface area contributed by atoms with E-state index >= 15 is 0 Å². The first kappa shape index (κ1) is 25.4. The smallest absolute Gasteiger partial charge is 0.269 e. The van der Waals surface area contributed by atoms with Crippen molar-refractivity contribution in [3.05, 3.63) is 110 Å². The van der Waals surface area contributed by atoms with Crippen molar-refractivity contribution in [3.63, 3.8) is 0 Å². The predicted octanol–water partition coefficient (Wildman–Crippen LogP) is 3.54. The third-order valence-electron chi connectivity index (χ3n) is 7.44. The molecule has 3 aromatic heterocycles. The molecule has 2 aromatic carbocycles. The lowest BCUT2D eigenvalue weighted by Crippen LogP contribution is -2.49. The number of aryl methyl sites for hydroxylation is 1. The summed E-state index contributed by atoms with van der Waals surface area (Å²) in [4.78, 5) is 31.6. The second-order valence-corrected chi connectivity index (χ2v) is 9.80. The third-order valence-corrected chi connectivity index (χ3v) is 7.44. The number of anilines is 1. The molecular formula is C28H28N8O4. The molecule has 0 unspecified atom stereocenters. The third kappa shape index (κ3) is 4.96.